The molecule has 4 rings (SSSR count). The van der Waals surface area contributed by atoms with Crippen molar-refractivity contribution in [1.29, 1.82) is 0 Å². The van der Waals surface area contributed by atoms with Crippen LogP contribution in [-0.2, 0) is 4.74 Å². The lowest BCUT2D eigenvalue weighted by Gasteiger charge is -2.29. The Morgan fingerprint density at radius 3 is 2.28 bits per heavy atom. The number of amides is 2. The Balaban J connectivity index is 1.36. The summed E-state index contributed by atoms with van der Waals surface area (Å²) >= 11 is 0. The van der Waals surface area contributed by atoms with Gasteiger partial charge in [-0.05, 0) is 84.3 Å². The number of alkyl carbamates (subject to hydrolysis) is 1. The monoisotopic (exact) mass is 492 g/mol. The second-order valence-electron chi connectivity index (χ2n) is 10.8. The van der Waals surface area contributed by atoms with Crippen molar-refractivity contribution in [3.63, 3.8) is 0 Å². The van der Waals surface area contributed by atoms with Crippen molar-refractivity contribution in [3.05, 3.63) is 47.3 Å². The molecule has 1 aromatic carbocycles. The molecule has 1 aliphatic rings. The van der Waals surface area contributed by atoms with Crippen LogP contribution in [0.4, 0.5) is 4.79 Å². The lowest BCUT2D eigenvalue weighted by atomic mass is 9.82. The van der Waals surface area contributed by atoms with Gasteiger partial charge in [-0.3, -0.25) is 4.79 Å². The molecule has 2 amide bonds. The van der Waals surface area contributed by atoms with Gasteiger partial charge in [-0.2, -0.15) is 0 Å². The first-order valence-corrected chi connectivity index (χ1v) is 12.7. The number of rotatable bonds is 6. The molecule has 192 valence electrons. The van der Waals surface area contributed by atoms with Gasteiger partial charge in [-0.25, -0.2) is 9.78 Å². The molecule has 8 heteroatoms. The molecule has 1 aliphatic carbocycles. The first-order valence-electron chi connectivity index (χ1n) is 12.7. The number of aromatic nitrogens is 2. The second kappa shape index (κ2) is 10.7. The summed E-state index contributed by atoms with van der Waals surface area (Å²) in [7, 11) is 0. The highest BCUT2D eigenvalue weighted by Gasteiger charge is 2.24. The quantitative estimate of drug-likeness (QED) is 0.466. The highest BCUT2D eigenvalue weighted by molar-refractivity contribution is 6.07. The molecule has 2 heterocycles. The molecule has 0 aliphatic heterocycles. The highest BCUT2D eigenvalue weighted by Crippen LogP contribution is 2.30. The standard InChI is InChI=1S/C28H36N4O4/c1-17-25(18(2)36-32-17)24-14-22(21-8-6-7-9-23(21)31-24)26(33)29-15-19-10-12-20(13-11-19)16-30-27(34)35-28(3,4)5/h6-9,14,19-20H,10-13,15-16H2,1-5H3,(H,29,33)(H,30,34)/t19-,20-. The molecule has 2 aromatic heterocycles. The number of ether oxygens (including phenoxy) is 1. The first-order chi connectivity index (χ1) is 17.1. The Bertz CT molecular complexity index is 1220. The molecule has 0 bridgehead atoms. The number of aryl methyl sites for hydroxylation is 2. The summed E-state index contributed by atoms with van der Waals surface area (Å²) in [5, 5.41) is 10.9. The fourth-order valence-electron chi connectivity index (χ4n) is 4.85. The van der Waals surface area contributed by atoms with Gasteiger partial charge < -0.3 is 19.9 Å². The molecule has 2 N–H and O–H groups in total. The van der Waals surface area contributed by atoms with Gasteiger partial charge in [0.05, 0.1) is 28.0 Å². The normalized spacial score (nSPS) is 18.1. The van der Waals surface area contributed by atoms with E-state index in [1.54, 1.807) is 0 Å². The van der Waals surface area contributed by atoms with E-state index in [4.69, 9.17) is 14.2 Å². The molecule has 36 heavy (non-hydrogen) atoms. The van der Waals surface area contributed by atoms with Crippen molar-refractivity contribution < 1.29 is 18.8 Å². The molecular weight excluding hydrogens is 456 g/mol. The van der Waals surface area contributed by atoms with Crippen molar-refractivity contribution in [2.75, 3.05) is 13.1 Å². The van der Waals surface area contributed by atoms with E-state index in [9.17, 15) is 9.59 Å². The predicted molar refractivity (Wildman–Crippen MR) is 139 cm³/mol. The predicted octanol–water partition coefficient (Wildman–Crippen LogP) is 5.57. The number of hydrogen-bond acceptors (Lipinski definition) is 6. The average molecular weight is 493 g/mol. The maximum absolute atomic E-state index is 13.3. The van der Waals surface area contributed by atoms with Gasteiger partial charge in [0.2, 0.25) is 0 Å². The van der Waals surface area contributed by atoms with Crippen LogP contribution in [0.5, 0.6) is 0 Å². The summed E-state index contributed by atoms with van der Waals surface area (Å²) in [6, 6.07) is 9.52. The van der Waals surface area contributed by atoms with Gasteiger partial charge in [-0.1, -0.05) is 23.4 Å². The summed E-state index contributed by atoms with van der Waals surface area (Å²) in [4.78, 5) is 30.0. The van der Waals surface area contributed by atoms with Crippen LogP contribution in [0.1, 0.15) is 68.3 Å². The average Bonchev–Trinajstić information content (AvgIpc) is 3.17. The van der Waals surface area contributed by atoms with Gasteiger partial charge in [0.15, 0.2) is 0 Å². The summed E-state index contributed by atoms with van der Waals surface area (Å²) < 4.78 is 10.7. The van der Waals surface area contributed by atoms with E-state index in [0.717, 1.165) is 47.8 Å². The third-order valence-electron chi connectivity index (χ3n) is 6.70. The zero-order valence-corrected chi connectivity index (χ0v) is 21.8. The summed E-state index contributed by atoms with van der Waals surface area (Å²) in [5.41, 5.74) is 3.14. The zero-order valence-electron chi connectivity index (χ0n) is 21.8. The van der Waals surface area contributed by atoms with Crippen LogP contribution >= 0.6 is 0 Å². The molecule has 1 saturated carbocycles. The lowest BCUT2D eigenvalue weighted by Crippen LogP contribution is -2.37. The number of pyridine rings is 1. The number of benzene rings is 1. The second-order valence-corrected chi connectivity index (χ2v) is 10.8. The molecular formula is C28H36N4O4. The SMILES string of the molecule is Cc1noc(C)c1-c1cc(C(=O)NC[C@H]2CC[C@H](CNC(=O)OC(C)(C)C)CC2)c2ccccc2n1. The Morgan fingerprint density at radius 2 is 1.67 bits per heavy atom. The van der Waals surface area contributed by atoms with E-state index in [2.05, 4.69) is 15.8 Å². The van der Waals surface area contributed by atoms with Crippen molar-refractivity contribution in [2.45, 2.75) is 65.9 Å². The Morgan fingerprint density at radius 1 is 1.03 bits per heavy atom. The van der Waals surface area contributed by atoms with Crippen LogP contribution in [0.25, 0.3) is 22.2 Å². The smallest absolute Gasteiger partial charge is 0.407 e. The molecule has 3 aromatic rings. The molecule has 0 radical (unpaired) electrons. The van der Waals surface area contributed by atoms with Crippen LogP contribution in [0.15, 0.2) is 34.9 Å². The minimum atomic E-state index is -0.492. The summed E-state index contributed by atoms with van der Waals surface area (Å²) in [6.07, 6.45) is 3.71. The van der Waals surface area contributed by atoms with Gasteiger partial charge in [0.1, 0.15) is 11.4 Å². The van der Waals surface area contributed by atoms with E-state index in [0.29, 0.717) is 41.9 Å². The number of nitrogens with zero attached hydrogens (tertiary/aromatic N) is 2. The maximum Gasteiger partial charge on any atom is 0.407 e. The molecule has 0 spiro atoms. The fourth-order valence-corrected chi connectivity index (χ4v) is 4.85. The number of para-hydroxylation sites is 1. The third kappa shape index (κ3) is 6.22. The Hall–Kier alpha value is -3.42. The minimum absolute atomic E-state index is 0.102. The van der Waals surface area contributed by atoms with Gasteiger partial charge in [-0.15, -0.1) is 0 Å². The lowest BCUT2D eigenvalue weighted by molar-refractivity contribution is 0.0512. The van der Waals surface area contributed by atoms with Gasteiger partial charge in [0.25, 0.3) is 5.91 Å². The number of carbonyl (C=O) groups excluding carboxylic acids is 2. The van der Waals surface area contributed by atoms with E-state index in [-0.39, 0.29) is 12.0 Å². The van der Waals surface area contributed by atoms with Crippen LogP contribution in [0, 0.1) is 25.7 Å². The van der Waals surface area contributed by atoms with Crippen molar-refractivity contribution in [3.8, 4) is 11.3 Å². The minimum Gasteiger partial charge on any atom is -0.444 e. The summed E-state index contributed by atoms with van der Waals surface area (Å²) in [5.74, 6) is 1.43. The summed E-state index contributed by atoms with van der Waals surface area (Å²) in [6.45, 7) is 10.6. The molecule has 8 nitrogen and oxygen atoms in total. The number of hydrogen-bond donors (Lipinski definition) is 2. The van der Waals surface area contributed by atoms with E-state index < -0.39 is 5.60 Å². The fraction of sp³-hybridized carbons (Fsp3) is 0.500. The molecule has 0 unspecified atom stereocenters. The van der Waals surface area contributed by atoms with Crippen molar-refractivity contribution >= 4 is 22.9 Å². The third-order valence-corrected chi connectivity index (χ3v) is 6.70. The van der Waals surface area contributed by atoms with Crippen LogP contribution in [-0.4, -0.2) is 40.8 Å². The Labute approximate surface area is 212 Å². The van der Waals surface area contributed by atoms with Crippen LogP contribution in [0.3, 0.4) is 0 Å². The van der Waals surface area contributed by atoms with Crippen LogP contribution < -0.4 is 10.6 Å². The maximum atomic E-state index is 13.3. The molecule has 0 saturated heterocycles. The molecule has 0 atom stereocenters. The van der Waals surface area contributed by atoms with Crippen LogP contribution in [0.2, 0.25) is 0 Å². The van der Waals surface area contributed by atoms with E-state index in [1.807, 2.05) is 65.0 Å². The topological polar surface area (TPSA) is 106 Å². The number of nitrogens with one attached hydrogen (secondary N) is 2. The highest BCUT2D eigenvalue weighted by atomic mass is 16.6. The number of carbonyl (C=O) groups is 2. The Kier molecular flexibility index (Phi) is 7.62. The largest absolute Gasteiger partial charge is 0.444 e. The zero-order chi connectivity index (χ0) is 25.9. The van der Waals surface area contributed by atoms with Gasteiger partial charge >= 0.3 is 6.09 Å². The van der Waals surface area contributed by atoms with E-state index in [1.165, 1.54) is 0 Å². The molecule has 1 fully saturated rings. The number of fused-ring (bicyclic) bond motifs is 1. The van der Waals surface area contributed by atoms with Crippen molar-refractivity contribution in [2.24, 2.45) is 11.8 Å². The van der Waals surface area contributed by atoms with Gasteiger partial charge in [0, 0.05) is 18.5 Å². The first kappa shape index (κ1) is 25.7. The van der Waals surface area contributed by atoms with Crippen molar-refractivity contribution in [1.82, 2.24) is 20.8 Å². The van der Waals surface area contributed by atoms with E-state index >= 15 is 0 Å².